The molecule has 0 bridgehead atoms. The number of allylic oxidation sites excluding steroid dienone is 1. The smallest absolute Gasteiger partial charge is 0.258 e. The van der Waals surface area contributed by atoms with Gasteiger partial charge in [-0.15, -0.1) is 0 Å². The maximum atomic E-state index is 11.5. The van der Waals surface area contributed by atoms with Crippen molar-refractivity contribution in [2.75, 3.05) is 0 Å². The minimum atomic E-state index is -0.284. The fourth-order valence-corrected chi connectivity index (χ4v) is 4.88. The molecule has 6 rings (SSSR count). The zero-order chi connectivity index (χ0) is 18.8. The molecule has 0 amide bonds. The third-order valence-corrected chi connectivity index (χ3v) is 5.98. The molecule has 3 nitrogen and oxygen atoms in total. The summed E-state index contributed by atoms with van der Waals surface area (Å²) in [7, 11) is 0. The number of nitro groups is 1. The van der Waals surface area contributed by atoms with Gasteiger partial charge < -0.3 is 0 Å². The molecule has 2 aliphatic carbocycles. The van der Waals surface area contributed by atoms with Crippen molar-refractivity contribution >= 4 is 27.6 Å². The van der Waals surface area contributed by atoms with Gasteiger partial charge >= 0.3 is 0 Å². The first-order valence-corrected chi connectivity index (χ1v) is 9.36. The first-order valence-electron chi connectivity index (χ1n) is 9.36. The normalized spacial score (nSPS) is 13.7. The summed E-state index contributed by atoms with van der Waals surface area (Å²) < 4.78 is 0. The summed E-state index contributed by atoms with van der Waals surface area (Å²) in [5.41, 5.74) is 10.0. The fourth-order valence-electron chi connectivity index (χ4n) is 4.88. The quantitative estimate of drug-likeness (QED) is 0.262. The second-order valence-corrected chi connectivity index (χ2v) is 7.35. The number of hydrogen-bond donors (Lipinski definition) is 0. The van der Waals surface area contributed by atoms with Gasteiger partial charge in [0, 0.05) is 6.07 Å². The zero-order valence-electron chi connectivity index (χ0n) is 15.0. The predicted octanol–water partition coefficient (Wildman–Crippen LogP) is 6.24. The van der Waals surface area contributed by atoms with E-state index in [4.69, 9.17) is 0 Å². The molecule has 0 saturated carbocycles. The second kappa shape index (κ2) is 5.40. The minimum absolute atomic E-state index is 0.180. The van der Waals surface area contributed by atoms with Crippen molar-refractivity contribution in [1.82, 2.24) is 0 Å². The van der Waals surface area contributed by atoms with Crippen molar-refractivity contribution in [2.45, 2.75) is 6.42 Å². The largest absolute Gasteiger partial charge is 0.277 e. The molecule has 0 unspecified atom stereocenters. The van der Waals surface area contributed by atoms with E-state index in [0.717, 1.165) is 22.8 Å². The Hall–Kier alpha value is -3.72. The molecule has 3 heteroatoms. The van der Waals surface area contributed by atoms with Gasteiger partial charge in [-0.05, 0) is 68.5 Å². The van der Waals surface area contributed by atoms with Crippen LogP contribution in [0, 0.1) is 10.1 Å². The van der Waals surface area contributed by atoms with Crippen molar-refractivity contribution in [3.05, 3.63) is 111 Å². The van der Waals surface area contributed by atoms with Crippen LogP contribution in [0.4, 0.5) is 5.69 Å². The predicted molar refractivity (Wildman–Crippen MR) is 112 cm³/mol. The van der Waals surface area contributed by atoms with E-state index in [1.807, 2.05) is 18.2 Å². The Balaban J connectivity index is 1.73. The zero-order valence-corrected chi connectivity index (χ0v) is 15.0. The average molecular weight is 361 g/mol. The van der Waals surface area contributed by atoms with Crippen LogP contribution >= 0.6 is 0 Å². The van der Waals surface area contributed by atoms with Gasteiger partial charge in [-0.25, -0.2) is 0 Å². The maximum Gasteiger partial charge on any atom is 0.277 e. The van der Waals surface area contributed by atoms with Gasteiger partial charge in [0.05, 0.1) is 10.3 Å². The second-order valence-electron chi connectivity index (χ2n) is 7.35. The van der Waals surface area contributed by atoms with Gasteiger partial charge in [0.1, 0.15) is 0 Å². The van der Waals surface area contributed by atoms with E-state index in [2.05, 4.69) is 54.6 Å². The van der Waals surface area contributed by atoms with Gasteiger partial charge in [0.25, 0.3) is 5.69 Å². The highest BCUT2D eigenvalue weighted by molar-refractivity contribution is 6.16. The Morgan fingerprint density at radius 3 is 1.96 bits per heavy atom. The van der Waals surface area contributed by atoms with Crippen LogP contribution in [-0.4, -0.2) is 4.92 Å². The molecule has 0 fully saturated rings. The van der Waals surface area contributed by atoms with Crippen LogP contribution in [0.2, 0.25) is 0 Å². The highest BCUT2D eigenvalue weighted by Crippen LogP contribution is 2.51. The molecule has 0 aromatic heterocycles. The highest BCUT2D eigenvalue weighted by Gasteiger charge is 2.31. The molecular formula is C25H15NO2. The van der Waals surface area contributed by atoms with Crippen LogP contribution in [0.3, 0.4) is 0 Å². The third-order valence-electron chi connectivity index (χ3n) is 5.98. The molecule has 0 spiro atoms. The molecular weight excluding hydrogens is 346 g/mol. The molecule has 2 aliphatic rings. The molecule has 132 valence electrons. The lowest BCUT2D eigenvalue weighted by Crippen LogP contribution is -1.92. The molecule has 4 aromatic carbocycles. The van der Waals surface area contributed by atoms with Gasteiger partial charge in [0.2, 0.25) is 0 Å². The number of nitrogens with zero attached hydrogens (tertiary/aromatic N) is 1. The number of fused-ring (bicyclic) bond motifs is 3. The Morgan fingerprint density at radius 2 is 1.32 bits per heavy atom. The summed E-state index contributed by atoms with van der Waals surface area (Å²) in [6.07, 6.45) is 0.797. The third kappa shape index (κ3) is 1.88. The Bertz CT molecular complexity index is 1320. The summed E-state index contributed by atoms with van der Waals surface area (Å²) in [6.45, 7) is 0. The van der Waals surface area contributed by atoms with Crippen LogP contribution in [0.1, 0.15) is 22.3 Å². The van der Waals surface area contributed by atoms with Gasteiger partial charge in [-0.1, -0.05) is 60.7 Å². The van der Waals surface area contributed by atoms with Crippen molar-refractivity contribution in [1.29, 1.82) is 0 Å². The molecule has 0 heterocycles. The van der Waals surface area contributed by atoms with E-state index in [1.54, 1.807) is 6.07 Å². The number of nitro benzene ring substituents is 1. The van der Waals surface area contributed by atoms with Crippen molar-refractivity contribution in [3.8, 4) is 11.1 Å². The SMILES string of the molecule is O=[N+]([O-])c1ccc2c3c(cccc13)CC2=C1c2ccccc2-c2ccccc21. The van der Waals surface area contributed by atoms with Gasteiger partial charge in [-0.3, -0.25) is 10.1 Å². The summed E-state index contributed by atoms with van der Waals surface area (Å²) in [5.74, 6) is 0. The van der Waals surface area contributed by atoms with Crippen LogP contribution in [0.25, 0.3) is 33.0 Å². The number of benzene rings is 4. The standard InChI is InChI=1S/C25H15NO2/c27-26(28)23-13-12-20-22(14-15-6-5-11-21(23)24(15)20)25-18-9-3-1-7-16(18)17-8-2-4-10-19(17)25/h1-13H,14H2. The molecule has 28 heavy (non-hydrogen) atoms. The van der Waals surface area contributed by atoms with Crippen molar-refractivity contribution < 1.29 is 4.92 Å². The lowest BCUT2D eigenvalue weighted by molar-refractivity contribution is -0.383. The van der Waals surface area contributed by atoms with E-state index >= 15 is 0 Å². The first kappa shape index (κ1) is 15.3. The van der Waals surface area contributed by atoms with Crippen molar-refractivity contribution in [3.63, 3.8) is 0 Å². The van der Waals surface area contributed by atoms with Crippen LogP contribution in [-0.2, 0) is 6.42 Å². The molecule has 0 N–H and O–H groups in total. The van der Waals surface area contributed by atoms with Crippen LogP contribution < -0.4 is 0 Å². The lowest BCUT2D eigenvalue weighted by atomic mass is 9.93. The summed E-state index contributed by atoms with van der Waals surface area (Å²) in [4.78, 5) is 11.2. The van der Waals surface area contributed by atoms with E-state index in [0.29, 0.717) is 0 Å². The number of rotatable bonds is 1. The van der Waals surface area contributed by atoms with E-state index in [1.165, 1.54) is 39.0 Å². The molecule has 0 radical (unpaired) electrons. The minimum Gasteiger partial charge on any atom is -0.258 e. The fraction of sp³-hybridized carbons (Fsp3) is 0.0400. The van der Waals surface area contributed by atoms with E-state index in [9.17, 15) is 10.1 Å². The van der Waals surface area contributed by atoms with E-state index in [-0.39, 0.29) is 10.6 Å². The molecule has 0 saturated heterocycles. The first-order chi connectivity index (χ1) is 13.7. The molecule has 0 aliphatic heterocycles. The lowest BCUT2D eigenvalue weighted by Gasteiger charge is -2.10. The van der Waals surface area contributed by atoms with Crippen LogP contribution in [0.5, 0.6) is 0 Å². The Morgan fingerprint density at radius 1 is 0.679 bits per heavy atom. The molecule has 0 atom stereocenters. The number of hydrogen-bond acceptors (Lipinski definition) is 2. The topological polar surface area (TPSA) is 43.1 Å². The van der Waals surface area contributed by atoms with Crippen LogP contribution in [0.15, 0.2) is 78.9 Å². The van der Waals surface area contributed by atoms with E-state index < -0.39 is 0 Å². The summed E-state index contributed by atoms with van der Waals surface area (Å²) in [6, 6.07) is 26.5. The summed E-state index contributed by atoms with van der Waals surface area (Å²) >= 11 is 0. The average Bonchev–Trinajstić information content (AvgIpc) is 3.25. The monoisotopic (exact) mass is 361 g/mol. The maximum absolute atomic E-state index is 11.5. The Labute approximate surface area is 161 Å². The highest BCUT2D eigenvalue weighted by atomic mass is 16.6. The Kier molecular flexibility index (Phi) is 2.96. The van der Waals surface area contributed by atoms with Gasteiger partial charge in [0.15, 0.2) is 0 Å². The number of non-ortho nitro benzene ring substituents is 1. The molecule has 4 aromatic rings. The van der Waals surface area contributed by atoms with Gasteiger partial charge in [-0.2, -0.15) is 0 Å². The summed E-state index contributed by atoms with van der Waals surface area (Å²) in [5, 5.41) is 13.3. The van der Waals surface area contributed by atoms with Crippen molar-refractivity contribution in [2.24, 2.45) is 0 Å².